The first-order valence-electron chi connectivity index (χ1n) is 8.32. The Kier molecular flexibility index (Phi) is 6.96. The number of thioether (sulfide) groups is 1. The molecule has 1 amide bonds. The summed E-state index contributed by atoms with van der Waals surface area (Å²) in [5, 5.41) is 10.8. The Morgan fingerprint density at radius 1 is 1.37 bits per heavy atom. The highest BCUT2D eigenvalue weighted by Gasteiger charge is 2.33. The molecule has 7 nitrogen and oxygen atoms in total. The molecule has 0 saturated carbocycles. The largest absolute Gasteiger partial charge is 0.493 e. The van der Waals surface area contributed by atoms with Crippen LogP contribution in [0.15, 0.2) is 41.3 Å². The van der Waals surface area contributed by atoms with Crippen LogP contribution < -0.4 is 14.4 Å². The molecule has 0 atom stereocenters. The first kappa shape index (κ1) is 22.1. The number of hydrogen-bond acceptors (Lipinski definition) is 7. The number of hydrogen-bond donors (Lipinski definition) is 0. The highest BCUT2D eigenvalue weighted by atomic mass is 127. The van der Waals surface area contributed by atoms with Crippen LogP contribution in [0, 0.1) is 26.0 Å². The summed E-state index contributed by atoms with van der Waals surface area (Å²) in [6.07, 6.45) is 6.96. The number of rotatable bonds is 6. The summed E-state index contributed by atoms with van der Waals surface area (Å²) in [6.45, 7) is 0.111. The van der Waals surface area contributed by atoms with Crippen molar-refractivity contribution in [3.63, 3.8) is 0 Å². The van der Waals surface area contributed by atoms with Gasteiger partial charge in [-0.1, -0.05) is 29.9 Å². The molecule has 3 rings (SSSR count). The predicted molar refractivity (Wildman–Crippen MR) is 129 cm³/mol. The van der Waals surface area contributed by atoms with Crippen LogP contribution in [0.2, 0.25) is 0 Å². The second kappa shape index (κ2) is 9.46. The lowest BCUT2D eigenvalue weighted by atomic mass is 10.1. The number of non-ortho nitro benzene ring substituents is 1. The average molecular weight is 552 g/mol. The van der Waals surface area contributed by atoms with Crippen LogP contribution in [-0.4, -0.2) is 28.9 Å². The smallest absolute Gasteiger partial charge is 0.270 e. The Morgan fingerprint density at radius 3 is 2.67 bits per heavy atom. The highest BCUT2D eigenvalue weighted by molar-refractivity contribution is 14.1. The molecule has 0 unspecified atom stereocenters. The van der Waals surface area contributed by atoms with Gasteiger partial charge in [-0.25, -0.2) is 0 Å². The summed E-state index contributed by atoms with van der Waals surface area (Å²) >= 11 is 8.61. The minimum Gasteiger partial charge on any atom is -0.493 e. The minimum absolute atomic E-state index is 0.0615. The third-order valence-corrected chi connectivity index (χ3v) is 6.07. The van der Waals surface area contributed by atoms with Gasteiger partial charge in [0, 0.05) is 12.1 Å². The number of carbonyl (C=O) groups is 1. The number of nitro benzene ring substituents is 1. The lowest BCUT2D eigenvalue weighted by molar-refractivity contribution is -0.384. The van der Waals surface area contributed by atoms with Crippen LogP contribution in [0.1, 0.15) is 5.56 Å². The van der Waals surface area contributed by atoms with Crippen LogP contribution in [-0.2, 0) is 4.79 Å². The fourth-order valence-electron chi connectivity index (χ4n) is 2.64. The Bertz CT molecular complexity index is 1110. The molecule has 1 heterocycles. The van der Waals surface area contributed by atoms with E-state index < -0.39 is 4.92 Å². The number of nitrogens with zero attached hydrogens (tertiary/aromatic N) is 2. The van der Waals surface area contributed by atoms with Crippen molar-refractivity contribution < 1.29 is 19.2 Å². The van der Waals surface area contributed by atoms with Crippen LogP contribution in [0.25, 0.3) is 6.08 Å². The topological polar surface area (TPSA) is 81.9 Å². The van der Waals surface area contributed by atoms with Gasteiger partial charge in [0.05, 0.1) is 26.2 Å². The lowest BCUT2D eigenvalue weighted by Gasteiger charge is -2.14. The zero-order valence-electron chi connectivity index (χ0n) is 15.5. The van der Waals surface area contributed by atoms with E-state index in [0.29, 0.717) is 26.4 Å². The zero-order valence-corrected chi connectivity index (χ0v) is 19.2. The van der Waals surface area contributed by atoms with E-state index in [0.717, 1.165) is 20.9 Å². The van der Waals surface area contributed by atoms with Crippen LogP contribution in [0.4, 0.5) is 11.4 Å². The van der Waals surface area contributed by atoms with Crippen LogP contribution >= 0.6 is 46.6 Å². The summed E-state index contributed by atoms with van der Waals surface area (Å²) in [5.74, 6) is 3.13. The number of benzene rings is 2. The Labute approximate surface area is 195 Å². The molecule has 2 aromatic rings. The maximum Gasteiger partial charge on any atom is 0.270 e. The number of halogens is 1. The maximum atomic E-state index is 12.9. The summed E-state index contributed by atoms with van der Waals surface area (Å²) < 4.78 is 12.0. The Balaban J connectivity index is 1.91. The van der Waals surface area contributed by atoms with Crippen molar-refractivity contribution in [1.82, 2.24) is 0 Å². The number of ether oxygens (including phenoxy) is 2. The number of amides is 1. The molecule has 2 aromatic carbocycles. The maximum absolute atomic E-state index is 12.9. The summed E-state index contributed by atoms with van der Waals surface area (Å²) in [4.78, 5) is 25.0. The van der Waals surface area contributed by atoms with E-state index in [9.17, 15) is 14.9 Å². The van der Waals surface area contributed by atoms with Gasteiger partial charge < -0.3 is 9.47 Å². The molecule has 0 spiro atoms. The molecule has 1 aliphatic rings. The molecule has 1 fully saturated rings. The van der Waals surface area contributed by atoms with Crippen molar-refractivity contribution in [1.29, 1.82) is 0 Å². The fraction of sp³-hybridized carbons (Fsp3) is 0.100. The molecule has 0 N–H and O–H groups in total. The van der Waals surface area contributed by atoms with Crippen molar-refractivity contribution in [3.8, 4) is 23.8 Å². The Hall–Kier alpha value is -2.62. The SMILES string of the molecule is C#CCOc1c(I)cc(/C=C2\SC(=S)N(c3ccc([N+](=O)[O-])cc3)C2=O)cc1OC. The summed E-state index contributed by atoms with van der Waals surface area (Å²) in [5.41, 5.74) is 1.14. The number of thiocarbonyl (C=S) groups is 1. The van der Waals surface area contributed by atoms with Gasteiger partial charge in [-0.3, -0.25) is 19.8 Å². The first-order chi connectivity index (χ1) is 14.3. The molecule has 1 saturated heterocycles. The van der Waals surface area contributed by atoms with Crippen molar-refractivity contribution in [2.45, 2.75) is 0 Å². The van der Waals surface area contributed by atoms with Gasteiger partial charge >= 0.3 is 0 Å². The predicted octanol–water partition coefficient (Wildman–Crippen LogP) is 4.63. The Morgan fingerprint density at radius 2 is 2.07 bits per heavy atom. The van der Waals surface area contributed by atoms with Crippen molar-refractivity contribution in [3.05, 3.63) is 60.6 Å². The van der Waals surface area contributed by atoms with Gasteiger partial charge in [0.2, 0.25) is 0 Å². The number of methoxy groups -OCH3 is 1. The molecular weight excluding hydrogens is 539 g/mol. The van der Waals surface area contributed by atoms with E-state index in [1.807, 2.05) is 6.07 Å². The summed E-state index contributed by atoms with van der Waals surface area (Å²) in [7, 11) is 1.52. The molecule has 30 heavy (non-hydrogen) atoms. The molecule has 0 bridgehead atoms. The zero-order chi connectivity index (χ0) is 21.8. The van der Waals surface area contributed by atoms with Crippen molar-refractivity contribution in [2.24, 2.45) is 0 Å². The van der Waals surface area contributed by atoms with Crippen LogP contribution in [0.3, 0.4) is 0 Å². The monoisotopic (exact) mass is 552 g/mol. The molecule has 0 aromatic heterocycles. The number of nitro groups is 1. The first-order valence-corrected chi connectivity index (χ1v) is 10.6. The van der Waals surface area contributed by atoms with E-state index in [1.165, 1.54) is 36.3 Å². The van der Waals surface area contributed by atoms with E-state index in [4.69, 9.17) is 28.1 Å². The van der Waals surface area contributed by atoms with Gasteiger partial charge in [0.25, 0.3) is 11.6 Å². The van der Waals surface area contributed by atoms with E-state index in [-0.39, 0.29) is 18.2 Å². The van der Waals surface area contributed by atoms with Gasteiger partial charge in [-0.2, -0.15) is 0 Å². The normalized spacial score (nSPS) is 14.7. The lowest BCUT2D eigenvalue weighted by Crippen LogP contribution is -2.27. The molecule has 152 valence electrons. The highest BCUT2D eigenvalue weighted by Crippen LogP contribution is 2.39. The third-order valence-electron chi connectivity index (χ3n) is 3.96. The average Bonchev–Trinajstić information content (AvgIpc) is 2.99. The molecule has 0 radical (unpaired) electrons. The standard InChI is InChI=1S/C20H13IN2O5S2/c1-3-8-28-18-15(21)9-12(10-16(18)27-2)11-17-19(24)22(20(29)30-17)13-4-6-14(7-5-13)23(25)26/h1,4-7,9-11H,8H2,2H3/b17-11-. The van der Waals surface area contributed by atoms with E-state index in [1.54, 1.807) is 12.1 Å². The second-order valence-corrected chi connectivity index (χ2v) is 8.66. The van der Waals surface area contributed by atoms with Crippen molar-refractivity contribution in [2.75, 3.05) is 18.6 Å². The number of carbonyl (C=O) groups excluding carboxylic acids is 1. The van der Waals surface area contributed by atoms with Crippen molar-refractivity contribution >= 4 is 74.2 Å². The van der Waals surface area contributed by atoms with Gasteiger partial charge in [0.1, 0.15) is 6.61 Å². The summed E-state index contributed by atoms with van der Waals surface area (Å²) in [6, 6.07) is 9.24. The van der Waals surface area contributed by atoms with Gasteiger partial charge in [0.15, 0.2) is 15.8 Å². The van der Waals surface area contributed by atoms with Gasteiger partial charge in [-0.15, -0.1) is 6.42 Å². The molecule has 1 aliphatic heterocycles. The van der Waals surface area contributed by atoms with Crippen LogP contribution in [0.5, 0.6) is 11.5 Å². The van der Waals surface area contributed by atoms with E-state index in [2.05, 4.69) is 28.5 Å². The van der Waals surface area contributed by atoms with Gasteiger partial charge in [-0.05, 0) is 58.5 Å². The minimum atomic E-state index is -0.500. The molecule has 10 heteroatoms. The van der Waals surface area contributed by atoms with E-state index >= 15 is 0 Å². The number of terminal acetylenes is 1. The molecule has 0 aliphatic carbocycles. The fourth-order valence-corrected chi connectivity index (χ4v) is 4.72. The third kappa shape index (κ3) is 4.58. The molecular formula is C20H13IN2O5S2. The second-order valence-electron chi connectivity index (χ2n) is 5.82. The quantitative estimate of drug-likeness (QED) is 0.129. The number of anilines is 1.